The van der Waals surface area contributed by atoms with Crippen LogP contribution in [0.15, 0.2) is 42.5 Å². The number of carbonyl (C=O) groups is 3. The predicted molar refractivity (Wildman–Crippen MR) is 175 cm³/mol. The van der Waals surface area contributed by atoms with Gasteiger partial charge in [-0.2, -0.15) is 11.8 Å². The van der Waals surface area contributed by atoms with Gasteiger partial charge in [-0.3, -0.25) is 9.59 Å². The number of ether oxygens (including phenoxy) is 1. The second-order valence-corrected chi connectivity index (χ2v) is 13.0. The van der Waals surface area contributed by atoms with Gasteiger partial charge in [0.1, 0.15) is 17.7 Å². The normalized spacial score (nSPS) is 12.8. The van der Waals surface area contributed by atoms with Gasteiger partial charge in [0, 0.05) is 12.2 Å². The Morgan fingerprint density at radius 1 is 0.952 bits per heavy atom. The van der Waals surface area contributed by atoms with Gasteiger partial charge in [-0.15, -0.1) is 0 Å². The minimum atomic E-state index is -0.875. The highest BCUT2D eigenvalue weighted by Gasteiger charge is 2.37. The molecule has 2 N–H and O–H groups in total. The van der Waals surface area contributed by atoms with Crippen LogP contribution in [0.2, 0.25) is 0 Å². The lowest BCUT2D eigenvalue weighted by Gasteiger charge is -2.35. The third-order valence-corrected chi connectivity index (χ3v) is 7.72. The number of rotatable bonds is 15. The number of thioether (sulfide) groups is 1. The number of amides is 3. The van der Waals surface area contributed by atoms with E-state index in [2.05, 4.69) is 17.6 Å². The molecular formula is C34H51N3O4S. The molecule has 0 aliphatic carbocycles. The fourth-order valence-corrected chi connectivity index (χ4v) is 5.29. The van der Waals surface area contributed by atoms with Gasteiger partial charge in [0.25, 0.3) is 5.91 Å². The third kappa shape index (κ3) is 11.3. The molecule has 2 atom stereocenters. The summed E-state index contributed by atoms with van der Waals surface area (Å²) in [6, 6.07) is 11.9. The number of carbonyl (C=O) groups excluding carboxylic acids is 3. The average Bonchev–Trinajstić information content (AvgIpc) is 2.91. The molecule has 0 saturated heterocycles. The van der Waals surface area contributed by atoms with Crippen LogP contribution in [0.1, 0.15) is 94.5 Å². The van der Waals surface area contributed by atoms with E-state index in [9.17, 15) is 14.4 Å². The largest absolute Gasteiger partial charge is 0.444 e. The van der Waals surface area contributed by atoms with Gasteiger partial charge in [-0.25, -0.2) is 4.79 Å². The zero-order valence-corrected chi connectivity index (χ0v) is 27.7. The fraction of sp³-hybridized carbons (Fsp3) is 0.559. The highest BCUT2D eigenvalue weighted by atomic mass is 32.2. The molecule has 8 heteroatoms. The molecule has 2 rings (SSSR count). The van der Waals surface area contributed by atoms with Crippen molar-refractivity contribution in [2.45, 2.75) is 105 Å². The number of anilines is 1. The van der Waals surface area contributed by atoms with Gasteiger partial charge < -0.3 is 20.3 Å². The number of hydrogen-bond acceptors (Lipinski definition) is 5. The summed E-state index contributed by atoms with van der Waals surface area (Å²) < 4.78 is 5.52. The van der Waals surface area contributed by atoms with Crippen molar-refractivity contribution in [1.29, 1.82) is 0 Å². The molecule has 2 aromatic carbocycles. The molecule has 0 aliphatic rings. The second-order valence-electron chi connectivity index (χ2n) is 12.0. The van der Waals surface area contributed by atoms with Crippen LogP contribution in [0.4, 0.5) is 10.5 Å². The zero-order valence-electron chi connectivity index (χ0n) is 26.8. The van der Waals surface area contributed by atoms with Crippen LogP contribution in [-0.4, -0.2) is 53.0 Å². The van der Waals surface area contributed by atoms with E-state index in [0.29, 0.717) is 24.4 Å². The Kier molecular flexibility index (Phi) is 14.4. The van der Waals surface area contributed by atoms with E-state index in [1.165, 1.54) is 0 Å². The SMILES string of the molecule is CCCCCCCN(C(=O)C(CCSC)NC(=O)OC(C)(C)C)C(C(=O)Nc1ccccc1C)c1cc(C)ccc1C. The summed E-state index contributed by atoms with van der Waals surface area (Å²) in [5.74, 6) is 0.108. The molecule has 0 saturated carbocycles. The summed E-state index contributed by atoms with van der Waals surface area (Å²) in [6.45, 7) is 13.8. The number of benzene rings is 2. The second kappa shape index (κ2) is 17.2. The Balaban J connectivity index is 2.58. The summed E-state index contributed by atoms with van der Waals surface area (Å²) in [7, 11) is 0. The number of unbranched alkanes of at least 4 members (excludes halogenated alkanes) is 4. The molecule has 3 amide bonds. The molecule has 0 heterocycles. The molecule has 2 unspecified atom stereocenters. The van der Waals surface area contributed by atoms with Gasteiger partial charge in [-0.1, -0.05) is 74.6 Å². The van der Waals surface area contributed by atoms with E-state index in [0.717, 1.165) is 54.4 Å². The molecule has 7 nitrogen and oxygen atoms in total. The van der Waals surface area contributed by atoms with E-state index < -0.39 is 23.8 Å². The van der Waals surface area contributed by atoms with Crippen molar-refractivity contribution in [1.82, 2.24) is 10.2 Å². The van der Waals surface area contributed by atoms with Crippen LogP contribution in [0.25, 0.3) is 0 Å². The molecule has 0 radical (unpaired) electrons. The monoisotopic (exact) mass is 597 g/mol. The highest BCUT2D eigenvalue weighted by molar-refractivity contribution is 7.98. The maximum atomic E-state index is 14.5. The fourth-order valence-electron chi connectivity index (χ4n) is 4.81. The standard InChI is InChI=1S/C34H51N3O4S/c1-9-10-11-12-15-21-37(32(39)29(20-22-42-8)36-33(40)41-34(5,6)7)30(27-23-24(2)18-19-25(27)3)31(38)35-28-17-14-13-16-26(28)4/h13-14,16-19,23,29-30H,9-12,15,20-22H2,1-8H3,(H,35,38)(H,36,40). The molecule has 0 aliphatic heterocycles. The van der Waals surface area contributed by atoms with E-state index in [1.807, 2.05) is 69.5 Å². The Labute approximate surface area is 257 Å². The van der Waals surface area contributed by atoms with Crippen molar-refractivity contribution in [3.63, 3.8) is 0 Å². The van der Waals surface area contributed by atoms with E-state index in [1.54, 1.807) is 37.4 Å². The first kappa shape index (κ1) is 35.2. The molecule has 0 spiro atoms. The Hall–Kier alpha value is -3.00. The molecule has 42 heavy (non-hydrogen) atoms. The Morgan fingerprint density at radius 2 is 1.64 bits per heavy atom. The summed E-state index contributed by atoms with van der Waals surface area (Å²) in [4.78, 5) is 43.2. The van der Waals surface area contributed by atoms with E-state index in [4.69, 9.17) is 4.74 Å². The van der Waals surface area contributed by atoms with Crippen LogP contribution in [0, 0.1) is 20.8 Å². The van der Waals surface area contributed by atoms with Crippen LogP contribution in [0.3, 0.4) is 0 Å². The lowest BCUT2D eigenvalue weighted by Crippen LogP contribution is -2.53. The maximum absolute atomic E-state index is 14.5. The van der Waals surface area contributed by atoms with Crippen molar-refractivity contribution >= 4 is 35.4 Å². The van der Waals surface area contributed by atoms with Gasteiger partial charge >= 0.3 is 6.09 Å². The van der Waals surface area contributed by atoms with Crippen LogP contribution in [-0.2, 0) is 14.3 Å². The Morgan fingerprint density at radius 3 is 2.29 bits per heavy atom. The smallest absolute Gasteiger partial charge is 0.408 e. The summed E-state index contributed by atoms with van der Waals surface area (Å²) in [5.41, 5.74) is 3.65. The minimum Gasteiger partial charge on any atom is -0.444 e. The van der Waals surface area contributed by atoms with Crippen molar-refractivity contribution in [2.75, 3.05) is 23.9 Å². The van der Waals surface area contributed by atoms with Crippen LogP contribution >= 0.6 is 11.8 Å². The first-order valence-electron chi connectivity index (χ1n) is 15.1. The molecular weight excluding hydrogens is 546 g/mol. The average molecular weight is 598 g/mol. The summed E-state index contributed by atoms with van der Waals surface area (Å²) >= 11 is 1.60. The van der Waals surface area contributed by atoms with Gasteiger partial charge in [-0.05, 0) is 89.1 Å². The van der Waals surface area contributed by atoms with Crippen molar-refractivity contribution in [3.05, 3.63) is 64.7 Å². The van der Waals surface area contributed by atoms with Gasteiger partial charge in [0.05, 0.1) is 0 Å². The molecule has 2 aromatic rings. The minimum absolute atomic E-state index is 0.277. The van der Waals surface area contributed by atoms with E-state index >= 15 is 0 Å². The van der Waals surface area contributed by atoms with Crippen LogP contribution < -0.4 is 10.6 Å². The quantitative estimate of drug-likeness (QED) is 0.205. The number of nitrogens with zero attached hydrogens (tertiary/aromatic N) is 1. The lowest BCUT2D eigenvalue weighted by molar-refractivity contribution is -0.141. The van der Waals surface area contributed by atoms with Crippen LogP contribution in [0.5, 0.6) is 0 Å². The number of aryl methyl sites for hydroxylation is 3. The molecule has 0 aromatic heterocycles. The maximum Gasteiger partial charge on any atom is 0.408 e. The molecule has 0 bridgehead atoms. The highest BCUT2D eigenvalue weighted by Crippen LogP contribution is 2.29. The number of alkyl carbamates (subject to hydrolysis) is 1. The molecule has 232 valence electrons. The van der Waals surface area contributed by atoms with Gasteiger partial charge in [0.2, 0.25) is 5.91 Å². The molecule has 0 fully saturated rings. The number of para-hydroxylation sites is 1. The first-order valence-corrected chi connectivity index (χ1v) is 16.5. The van der Waals surface area contributed by atoms with Crippen molar-refractivity contribution < 1.29 is 19.1 Å². The van der Waals surface area contributed by atoms with Crippen molar-refractivity contribution in [3.8, 4) is 0 Å². The summed E-state index contributed by atoms with van der Waals surface area (Å²) in [6.07, 6.45) is 6.76. The van der Waals surface area contributed by atoms with Gasteiger partial charge in [0.15, 0.2) is 0 Å². The lowest BCUT2D eigenvalue weighted by atomic mass is 9.95. The Bertz CT molecular complexity index is 1180. The summed E-state index contributed by atoms with van der Waals surface area (Å²) in [5, 5.41) is 5.94. The number of hydrogen-bond donors (Lipinski definition) is 2. The number of nitrogens with one attached hydrogen (secondary N) is 2. The first-order chi connectivity index (χ1) is 19.9. The predicted octanol–water partition coefficient (Wildman–Crippen LogP) is 7.74. The van der Waals surface area contributed by atoms with E-state index in [-0.39, 0.29) is 11.8 Å². The zero-order chi connectivity index (χ0) is 31.3. The third-order valence-electron chi connectivity index (χ3n) is 7.08. The topological polar surface area (TPSA) is 87.7 Å². The van der Waals surface area contributed by atoms with Crippen molar-refractivity contribution in [2.24, 2.45) is 0 Å².